The van der Waals surface area contributed by atoms with Gasteiger partial charge in [0.1, 0.15) is 0 Å². The van der Waals surface area contributed by atoms with Crippen molar-refractivity contribution in [3.63, 3.8) is 0 Å². The molecule has 0 aromatic heterocycles. The van der Waals surface area contributed by atoms with Gasteiger partial charge < -0.3 is 16.0 Å². The fraction of sp³-hybridized carbons (Fsp3) is 0.600. The summed E-state index contributed by atoms with van der Waals surface area (Å²) in [6.07, 6.45) is 6.63. The molecule has 0 spiro atoms. The standard InChI is InChI=1S/C20H32N4O.HI/c1-4-7-18(25)24-17-10-8-16(9-11-17)14-22-19(21-3)23-15-20(5-2)12-6-13-20;/h8-11H,4-7,12-15H2,1-3H3,(H,24,25)(H2,21,22,23);1H. The Morgan fingerprint density at radius 1 is 1.15 bits per heavy atom. The van der Waals surface area contributed by atoms with E-state index in [1.54, 1.807) is 7.05 Å². The SMILES string of the molecule is CCCC(=O)Nc1ccc(CNC(=NC)NCC2(CC)CCC2)cc1.I. The van der Waals surface area contributed by atoms with Crippen LogP contribution in [0.2, 0.25) is 0 Å². The highest BCUT2D eigenvalue weighted by molar-refractivity contribution is 14.0. The molecule has 0 heterocycles. The number of carbonyl (C=O) groups is 1. The predicted octanol–water partition coefficient (Wildman–Crippen LogP) is 4.29. The van der Waals surface area contributed by atoms with E-state index in [9.17, 15) is 4.79 Å². The highest BCUT2D eigenvalue weighted by Crippen LogP contribution is 2.42. The van der Waals surface area contributed by atoms with Gasteiger partial charge in [0, 0.05) is 32.2 Å². The summed E-state index contributed by atoms with van der Waals surface area (Å²) in [5, 5.41) is 9.74. The van der Waals surface area contributed by atoms with Gasteiger partial charge in [-0.1, -0.05) is 32.4 Å². The Morgan fingerprint density at radius 2 is 1.85 bits per heavy atom. The number of nitrogens with one attached hydrogen (secondary N) is 3. The van der Waals surface area contributed by atoms with Crippen LogP contribution in [0.4, 0.5) is 5.69 Å². The Bertz CT molecular complexity index is 576. The number of hydrogen-bond acceptors (Lipinski definition) is 2. The van der Waals surface area contributed by atoms with Crippen LogP contribution < -0.4 is 16.0 Å². The highest BCUT2D eigenvalue weighted by atomic mass is 127. The zero-order valence-electron chi connectivity index (χ0n) is 16.2. The van der Waals surface area contributed by atoms with Gasteiger partial charge in [0.05, 0.1) is 0 Å². The summed E-state index contributed by atoms with van der Waals surface area (Å²) < 4.78 is 0. The van der Waals surface area contributed by atoms with Crippen molar-refractivity contribution in [2.24, 2.45) is 10.4 Å². The Balaban J connectivity index is 0.00000338. The van der Waals surface area contributed by atoms with Crippen LogP contribution in [0.25, 0.3) is 0 Å². The largest absolute Gasteiger partial charge is 0.356 e. The zero-order valence-corrected chi connectivity index (χ0v) is 18.6. The molecule has 146 valence electrons. The normalized spacial score (nSPS) is 15.4. The number of benzene rings is 1. The van der Waals surface area contributed by atoms with E-state index in [0.717, 1.165) is 30.2 Å². The summed E-state index contributed by atoms with van der Waals surface area (Å²) in [7, 11) is 1.81. The van der Waals surface area contributed by atoms with Crippen LogP contribution >= 0.6 is 24.0 Å². The van der Waals surface area contributed by atoms with Gasteiger partial charge in [-0.15, -0.1) is 24.0 Å². The molecule has 1 aromatic rings. The van der Waals surface area contributed by atoms with Gasteiger partial charge in [0.15, 0.2) is 5.96 Å². The van der Waals surface area contributed by atoms with E-state index < -0.39 is 0 Å². The third kappa shape index (κ3) is 6.78. The van der Waals surface area contributed by atoms with Crippen molar-refractivity contribution in [1.29, 1.82) is 0 Å². The number of anilines is 1. The van der Waals surface area contributed by atoms with Crippen molar-refractivity contribution in [3.8, 4) is 0 Å². The lowest BCUT2D eigenvalue weighted by atomic mass is 9.67. The van der Waals surface area contributed by atoms with Crippen molar-refractivity contribution in [3.05, 3.63) is 29.8 Å². The maximum Gasteiger partial charge on any atom is 0.224 e. The van der Waals surface area contributed by atoms with Gasteiger partial charge in [0.25, 0.3) is 0 Å². The molecule has 0 unspecified atom stereocenters. The van der Waals surface area contributed by atoms with Gasteiger partial charge in [-0.2, -0.15) is 0 Å². The maximum absolute atomic E-state index is 11.6. The average Bonchev–Trinajstić information content (AvgIpc) is 2.58. The van der Waals surface area contributed by atoms with Gasteiger partial charge >= 0.3 is 0 Å². The lowest BCUT2D eigenvalue weighted by Gasteiger charge is -2.41. The summed E-state index contributed by atoms with van der Waals surface area (Å²) in [6.45, 7) is 5.98. The molecule has 0 saturated heterocycles. The molecule has 1 aliphatic carbocycles. The number of carbonyl (C=O) groups excluding carboxylic acids is 1. The molecule has 1 aromatic carbocycles. The molecule has 1 amide bonds. The van der Waals surface area contributed by atoms with E-state index in [2.05, 4.69) is 27.9 Å². The molecule has 1 saturated carbocycles. The van der Waals surface area contributed by atoms with Gasteiger partial charge in [0.2, 0.25) is 5.91 Å². The predicted molar refractivity (Wildman–Crippen MR) is 120 cm³/mol. The molecule has 1 fully saturated rings. The monoisotopic (exact) mass is 472 g/mol. The number of hydrogen-bond donors (Lipinski definition) is 3. The summed E-state index contributed by atoms with van der Waals surface area (Å²) in [5.74, 6) is 0.916. The van der Waals surface area contributed by atoms with E-state index in [-0.39, 0.29) is 29.9 Å². The van der Waals surface area contributed by atoms with E-state index >= 15 is 0 Å². The van der Waals surface area contributed by atoms with Gasteiger partial charge in [-0.05, 0) is 48.8 Å². The van der Waals surface area contributed by atoms with Crippen molar-refractivity contribution in [2.45, 2.75) is 58.9 Å². The number of nitrogens with zero attached hydrogens (tertiary/aromatic N) is 1. The topological polar surface area (TPSA) is 65.5 Å². The lowest BCUT2D eigenvalue weighted by molar-refractivity contribution is -0.116. The van der Waals surface area contributed by atoms with Crippen molar-refractivity contribution in [1.82, 2.24) is 10.6 Å². The first-order valence-electron chi connectivity index (χ1n) is 9.44. The summed E-state index contributed by atoms with van der Waals surface area (Å²) in [4.78, 5) is 15.9. The fourth-order valence-electron chi connectivity index (χ4n) is 3.17. The Hall–Kier alpha value is -1.31. The fourth-order valence-corrected chi connectivity index (χ4v) is 3.17. The first-order chi connectivity index (χ1) is 12.1. The quantitative estimate of drug-likeness (QED) is 0.301. The van der Waals surface area contributed by atoms with Crippen LogP contribution in [0.15, 0.2) is 29.3 Å². The molecule has 3 N–H and O–H groups in total. The second kappa shape index (κ2) is 11.4. The molecule has 26 heavy (non-hydrogen) atoms. The average molecular weight is 472 g/mol. The number of amides is 1. The van der Waals surface area contributed by atoms with Crippen LogP contribution in [0, 0.1) is 5.41 Å². The Labute approximate surface area is 174 Å². The van der Waals surface area contributed by atoms with Crippen molar-refractivity contribution >= 4 is 41.5 Å². The molecule has 1 aliphatic rings. The van der Waals surface area contributed by atoms with Crippen molar-refractivity contribution in [2.75, 3.05) is 18.9 Å². The number of aliphatic imine (C=N–C) groups is 1. The van der Waals surface area contributed by atoms with Crippen LogP contribution in [0.1, 0.15) is 57.9 Å². The summed E-state index contributed by atoms with van der Waals surface area (Å²) in [5.41, 5.74) is 2.47. The number of rotatable bonds is 8. The Kier molecular flexibility index (Phi) is 9.98. The third-order valence-electron chi connectivity index (χ3n) is 5.19. The van der Waals surface area contributed by atoms with E-state index in [1.807, 2.05) is 31.2 Å². The molecule has 2 rings (SSSR count). The molecular weight excluding hydrogens is 439 g/mol. The molecule has 6 heteroatoms. The number of halogens is 1. The molecule has 5 nitrogen and oxygen atoms in total. The second-order valence-electron chi connectivity index (χ2n) is 6.98. The van der Waals surface area contributed by atoms with Crippen LogP contribution in [0.5, 0.6) is 0 Å². The summed E-state index contributed by atoms with van der Waals surface area (Å²) in [6, 6.07) is 7.95. The molecule has 0 radical (unpaired) electrons. The van der Waals surface area contributed by atoms with Crippen LogP contribution in [0.3, 0.4) is 0 Å². The van der Waals surface area contributed by atoms with Crippen LogP contribution in [-0.4, -0.2) is 25.5 Å². The molecular formula is C20H33IN4O. The van der Waals surface area contributed by atoms with Gasteiger partial charge in [-0.25, -0.2) is 0 Å². The van der Waals surface area contributed by atoms with Crippen LogP contribution in [-0.2, 0) is 11.3 Å². The Morgan fingerprint density at radius 3 is 2.35 bits per heavy atom. The summed E-state index contributed by atoms with van der Waals surface area (Å²) >= 11 is 0. The smallest absolute Gasteiger partial charge is 0.224 e. The minimum Gasteiger partial charge on any atom is -0.356 e. The lowest BCUT2D eigenvalue weighted by Crippen LogP contribution is -2.46. The molecule has 0 aliphatic heterocycles. The minimum absolute atomic E-state index is 0. The number of guanidine groups is 1. The highest BCUT2D eigenvalue weighted by Gasteiger charge is 2.34. The van der Waals surface area contributed by atoms with Gasteiger partial charge in [-0.3, -0.25) is 9.79 Å². The van der Waals surface area contributed by atoms with E-state index in [1.165, 1.54) is 25.7 Å². The van der Waals surface area contributed by atoms with E-state index in [0.29, 0.717) is 18.4 Å². The second-order valence-corrected chi connectivity index (χ2v) is 6.98. The molecule has 0 atom stereocenters. The maximum atomic E-state index is 11.6. The first-order valence-corrected chi connectivity index (χ1v) is 9.44. The van der Waals surface area contributed by atoms with Crippen molar-refractivity contribution < 1.29 is 4.79 Å². The zero-order chi connectivity index (χ0) is 18.1. The minimum atomic E-state index is 0. The first kappa shape index (κ1) is 22.7. The third-order valence-corrected chi connectivity index (χ3v) is 5.19. The molecule has 0 bridgehead atoms. The van der Waals surface area contributed by atoms with E-state index in [4.69, 9.17) is 0 Å².